The highest BCUT2D eigenvalue weighted by Gasteiger charge is 2.22. The van der Waals surface area contributed by atoms with Gasteiger partial charge in [-0.05, 0) is 36.6 Å². The zero-order valence-electron chi connectivity index (χ0n) is 18.5. The maximum Gasteiger partial charge on any atom is 0.330 e. The number of amides is 1. The summed E-state index contributed by atoms with van der Waals surface area (Å²) >= 11 is 0. The van der Waals surface area contributed by atoms with Crippen molar-refractivity contribution >= 4 is 23.5 Å². The standard InChI is InChI=1S/C23H32N4O4/c1-4-6-8-16-26(19(28)14-11-17-9-12-18(31-3)13-10-17)20-21(24)27(15-7-5-2)23(30)25-22(20)29/h9-14H,4-8,15-16,24H2,1-3H3,(H,25,29,30)/b14-11+. The summed E-state index contributed by atoms with van der Waals surface area (Å²) in [6, 6.07) is 7.26. The zero-order chi connectivity index (χ0) is 22.8. The summed E-state index contributed by atoms with van der Waals surface area (Å²) in [5.41, 5.74) is 5.84. The molecule has 0 unspecified atom stereocenters. The fourth-order valence-corrected chi connectivity index (χ4v) is 3.20. The van der Waals surface area contributed by atoms with E-state index in [0.717, 1.165) is 37.0 Å². The van der Waals surface area contributed by atoms with Crippen LogP contribution in [0.3, 0.4) is 0 Å². The lowest BCUT2D eigenvalue weighted by molar-refractivity contribution is -0.114. The summed E-state index contributed by atoms with van der Waals surface area (Å²) in [6.07, 6.45) is 7.26. The van der Waals surface area contributed by atoms with Gasteiger partial charge in [0.25, 0.3) is 11.5 Å². The lowest BCUT2D eigenvalue weighted by Gasteiger charge is -2.23. The van der Waals surface area contributed by atoms with Crippen LogP contribution in [0, 0.1) is 0 Å². The highest BCUT2D eigenvalue weighted by atomic mass is 16.5. The number of nitrogens with one attached hydrogen (secondary N) is 1. The minimum absolute atomic E-state index is 0.0184. The summed E-state index contributed by atoms with van der Waals surface area (Å²) in [5.74, 6) is 0.369. The molecule has 0 spiro atoms. The fraction of sp³-hybridized carbons (Fsp3) is 0.435. The van der Waals surface area contributed by atoms with E-state index < -0.39 is 11.2 Å². The molecule has 8 nitrogen and oxygen atoms in total. The first-order valence-corrected chi connectivity index (χ1v) is 10.7. The average molecular weight is 429 g/mol. The number of methoxy groups -OCH3 is 1. The number of carbonyl (C=O) groups excluding carboxylic acids is 1. The van der Waals surface area contributed by atoms with Gasteiger partial charge in [0.05, 0.1) is 7.11 Å². The molecule has 8 heteroatoms. The van der Waals surface area contributed by atoms with E-state index in [9.17, 15) is 14.4 Å². The molecule has 0 bridgehead atoms. The quantitative estimate of drug-likeness (QED) is 0.422. The minimum atomic E-state index is -0.655. The SMILES string of the molecule is CCCCCN(C(=O)/C=C/c1ccc(OC)cc1)c1c(N)n(CCCC)c(=O)[nH]c1=O. The monoisotopic (exact) mass is 428 g/mol. The Morgan fingerprint density at radius 2 is 1.81 bits per heavy atom. The highest BCUT2D eigenvalue weighted by molar-refractivity contribution is 6.05. The molecule has 0 saturated carbocycles. The van der Waals surface area contributed by atoms with Crippen molar-refractivity contribution in [3.05, 3.63) is 56.7 Å². The summed E-state index contributed by atoms with van der Waals surface area (Å²) in [5, 5.41) is 0. The topological polar surface area (TPSA) is 110 Å². The molecule has 3 N–H and O–H groups in total. The van der Waals surface area contributed by atoms with Gasteiger partial charge in [-0.15, -0.1) is 0 Å². The molecule has 168 valence electrons. The molecule has 0 saturated heterocycles. The van der Waals surface area contributed by atoms with Crippen molar-refractivity contribution in [2.24, 2.45) is 0 Å². The number of anilines is 2. The Bertz CT molecular complexity index is 1010. The van der Waals surface area contributed by atoms with E-state index in [0.29, 0.717) is 19.5 Å². The van der Waals surface area contributed by atoms with E-state index >= 15 is 0 Å². The third kappa shape index (κ3) is 6.34. The van der Waals surface area contributed by atoms with Gasteiger partial charge in [0, 0.05) is 19.2 Å². The molecule has 0 atom stereocenters. The second-order valence-electron chi connectivity index (χ2n) is 7.30. The van der Waals surface area contributed by atoms with Gasteiger partial charge in [-0.1, -0.05) is 45.2 Å². The summed E-state index contributed by atoms with van der Waals surface area (Å²) in [7, 11) is 1.59. The van der Waals surface area contributed by atoms with Gasteiger partial charge in [-0.2, -0.15) is 0 Å². The molecule has 1 amide bonds. The smallest absolute Gasteiger partial charge is 0.330 e. The molecular formula is C23H32N4O4. The average Bonchev–Trinajstić information content (AvgIpc) is 2.76. The number of benzene rings is 1. The largest absolute Gasteiger partial charge is 0.497 e. The van der Waals surface area contributed by atoms with E-state index in [2.05, 4.69) is 11.9 Å². The Morgan fingerprint density at radius 1 is 1.13 bits per heavy atom. The lowest BCUT2D eigenvalue weighted by Crippen LogP contribution is -2.41. The van der Waals surface area contributed by atoms with Crippen LogP contribution in [-0.2, 0) is 11.3 Å². The van der Waals surface area contributed by atoms with Crippen LogP contribution in [0.25, 0.3) is 6.08 Å². The van der Waals surface area contributed by atoms with Crippen LogP contribution in [0.5, 0.6) is 5.75 Å². The Hall–Kier alpha value is -3.29. The lowest BCUT2D eigenvalue weighted by atomic mass is 10.2. The van der Waals surface area contributed by atoms with Crippen molar-refractivity contribution in [1.29, 1.82) is 0 Å². The number of hydrogen-bond acceptors (Lipinski definition) is 5. The molecule has 2 aromatic rings. The van der Waals surface area contributed by atoms with E-state index in [1.54, 1.807) is 25.3 Å². The van der Waals surface area contributed by atoms with Crippen LogP contribution >= 0.6 is 0 Å². The van der Waals surface area contributed by atoms with Crippen molar-refractivity contribution in [2.45, 2.75) is 52.5 Å². The molecule has 0 aliphatic carbocycles. The maximum absolute atomic E-state index is 13.1. The van der Waals surface area contributed by atoms with E-state index in [4.69, 9.17) is 10.5 Å². The Balaban J connectivity index is 2.40. The molecule has 0 radical (unpaired) electrons. The first-order valence-electron chi connectivity index (χ1n) is 10.7. The second kappa shape index (κ2) is 11.8. The molecule has 0 fully saturated rings. The molecule has 1 aromatic carbocycles. The number of rotatable bonds is 11. The van der Waals surface area contributed by atoms with Crippen LogP contribution in [0.4, 0.5) is 11.5 Å². The van der Waals surface area contributed by atoms with Crippen LogP contribution in [0.15, 0.2) is 39.9 Å². The molecule has 0 aliphatic rings. The predicted molar refractivity (Wildman–Crippen MR) is 125 cm³/mol. The van der Waals surface area contributed by atoms with Crippen LogP contribution in [-0.4, -0.2) is 29.1 Å². The molecule has 0 aliphatic heterocycles. The minimum Gasteiger partial charge on any atom is -0.497 e. The Kier molecular flexibility index (Phi) is 9.12. The molecule has 1 aromatic heterocycles. The molecule has 31 heavy (non-hydrogen) atoms. The van der Waals surface area contributed by atoms with E-state index in [-0.39, 0.29) is 17.4 Å². The number of carbonyl (C=O) groups is 1. The number of H-pyrrole nitrogens is 1. The van der Waals surface area contributed by atoms with Gasteiger partial charge < -0.3 is 15.4 Å². The fourth-order valence-electron chi connectivity index (χ4n) is 3.20. The van der Waals surface area contributed by atoms with Gasteiger partial charge in [0.1, 0.15) is 11.6 Å². The third-order valence-electron chi connectivity index (χ3n) is 5.00. The summed E-state index contributed by atoms with van der Waals surface area (Å²) < 4.78 is 6.47. The number of unbranched alkanes of at least 4 members (excludes halogenated alkanes) is 3. The number of aromatic amines is 1. The van der Waals surface area contributed by atoms with Crippen molar-refractivity contribution in [2.75, 3.05) is 24.3 Å². The van der Waals surface area contributed by atoms with Crippen LogP contribution in [0.2, 0.25) is 0 Å². The van der Waals surface area contributed by atoms with Crippen LogP contribution < -0.4 is 26.6 Å². The number of nitrogens with zero attached hydrogens (tertiary/aromatic N) is 2. The predicted octanol–water partition coefficient (Wildman–Crippen LogP) is 3.16. The van der Waals surface area contributed by atoms with E-state index in [1.165, 1.54) is 15.5 Å². The number of nitrogens with two attached hydrogens (primary N) is 1. The van der Waals surface area contributed by atoms with Crippen molar-refractivity contribution in [1.82, 2.24) is 9.55 Å². The maximum atomic E-state index is 13.1. The number of aromatic nitrogens is 2. The normalized spacial score (nSPS) is 11.1. The molecular weight excluding hydrogens is 396 g/mol. The zero-order valence-corrected chi connectivity index (χ0v) is 18.5. The van der Waals surface area contributed by atoms with Gasteiger partial charge in [-0.25, -0.2) is 4.79 Å². The van der Waals surface area contributed by atoms with E-state index in [1.807, 2.05) is 19.1 Å². The Labute approximate surface area is 182 Å². The van der Waals surface area contributed by atoms with Gasteiger partial charge >= 0.3 is 5.69 Å². The summed E-state index contributed by atoms with van der Waals surface area (Å²) in [4.78, 5) is 41.6. The van der Waals surface area contributed by atoms with Gasteiger partial charge in [-0.3, -0.25) is 19.1 Å². The first-order chi connectivity index (χ1) is 14.9. The highest BCUT2D eigenvalue weighted by Crippen LogP contribution is 2.19. The summed E-state index contributed by atoms with van der Waals surface area (Å²) in [6.45, 7) is 4.77. The van der Waals surface area contributed by atoms with Gasteiger partial charge in [0.15, 0.2) is 5.69 Å². The number of hydrogen-bond donors (Lipinski definition) is 2. The van der Waals surface area contributed by atoms with Crippen molar-refractivity contribution in [3.8, 4) is 5.75 Å². The number of nitrogen functional groups attached to an aromatic ring is 1. The van der Waals surface area contributed by atoms with Crippen molar-refractivity contribution in [3.63, 3.8) is 0 Å². The molecule has 1 heterocycles. The second-order valence-corrected chi connectivity index (χ2v) is 7.30. The first kappa shape index (κ1) is 24.0. The number of ether oxygens (including phenoxy) is 1. The Morgan fingerprint density at radius 3 is 2.42 bits per heavy atom. The van der Waals surface area contributed by atoms with Gasteiger partial charge in [0.2, 0.25) is 0 Å². The molecule has 2 rings (SSSR count). The third-order valence-corrected chi connectivity index (χ3v) is 5.00. The van der Waals surface area contributed by atoms with Crippen molar-refractivity contribution < 1.29 is 9.53 Å². The van der Waals surface area contributed by atoms with Crippen LogP contribution in [0.1, 0.15) is 51.5 Å².